The van der Waals surface area contributed by atoms with Gasteiger partial charge in [-0.15, -0.1) is 0 Å². The van der Waals surface area contributed by atoms with Crippen molar-refractivity contribution in [1.29, 1.82) is 0 Å². The molecule has 0 aromatic carbocycles. The molecule has 0 amide bonds. The van der Waals surface area contributed by atoms with Gasteiger partial charge in [-0.1, -0.05) is 13.8 Å². The summed E-state index contributed by atoms with van der Waals surface area (Å²) >= 11 is 0. The molecule has 4 heterocycles. The Morgan fingerprint density at radius 3 is 2.33 bits per heavy atom. The first-order valence-corrected chi connectivity index (χ1v) is 9.83. The van der Waals surface area contributed by atoms with Gasteiger partial charge in [0.05, 0.1) is 12.0 Å². The van der Waals surface area contributed by atoms with Crippen molar-refractivity contribution in [2.75, 3.05) is 6.61 Å². The lowest BCUT2D eigenvalue weighted by atomic mass is 9.66. The SMILES string of the molecule is CCCn1c(=O)c2[nH]c(C34CCC(C=O)(CC3)OC4)nc2n(CCC)c1=O. The van der Waals surface area contributed by atoms with E-state index in [0.717, 1.165) is 25.5 Å². The molecule has 2 aromatic heterocycles. The number of nitrogens with zero attached hydrogens (tertiary/aromatic N) is 3. The third-order valence-corrected chi connectivity index (χ3v) is 6.16. The normalized spacial score (nSPS) is 27.3. The van der Waals surface area contributed by atoms with Gasteiger partial charge >= 0.3 is 5.69 Å². The van der Waals surface area contributed by atoms with E-state index in [1.807, 2.05) is 13.8 Å². The molecular weight excluding hydrogens is 348 g/mol. The lowest BCUT2D eigenvalue weighted by Crippen LogP contribution is -2.54. The van der Waals surface area contributed by atoms with Crippen molar-refractivity contribution in [2.45, 2.75) is 76.5 Å². The fraction of sp³-hybridized carbons (Fsp3) is 0.684. The van der Waals surface area contributed by atoms with Gasteiger partial charge in [-0.05, 0) is 38.5 Å². The van der Waals surface area contributed by atoms with Crippen LogP contribution in [0.5, 0.6) is 0 Å². The van der Waals surface area contributed by atoms with E-state index in [9.17, 15) is 14.4 Å². The number of rotatable bonds is 6. The van der Waals surface area contributed by atoms with E-state index in [4.69, 9.17) is 9.72 Å². The molecule has 0 radical (unpaired) electrons. The first-order valence-electron chi connectivity index (χ1n) is 9.83. The van der Waals surface area contributed by atoms with Gasteiger partial charge in [0.2, 0.25) is 0 Å². The summed E-state index contributed by atoms with van der Waals surface area (Å²) < 4.78 is 8.78. The monoisotopic (exact) mass is 374 g/mol. The van der Waals surface area contributed by atoms with Crippen molar-refractivity contribution >= 4 is 17.5 Å². The highest BCUT2D eigenvalue weighted by Gasteiger charge is 2.52. The highest BCUT2D eigenvalue weighted by Crippen LogP contribution is 2.48. The van der Waals surface area contributed by atoms with E-state index >= 15 is 0 Å². The van der Waals surface area contributed by atoms with Gasteiger partial charge in [-0.25, -0.2) is 9.78 Å². The molecule has 3 fully saturated rings. The van der Waals surface area contributed by atoms with Crippen molar-refractivity contribution in [3.8, 4) is 0 Å². The van der Waals surface area contributed by atoms with Gasteiger partial charge in [0.25, 0.3) is 5.56 Å². The van der Waals surface area contributed by atoms with Gasteiger partial charge < -0.3 is 14.5 Å². The van der Waals surface area contributed by atoms with E-state index < -0.39 is 5.60 Å². The van der Waals surface area contributed by atoms with E-state index in [-0.39, 0.29) is 16.7 Å². The minimum absolute atomic E-state index is 0.296. The molecular formula is C19H26N4O4. The molecule has 27 heavy (non-hydrogen) atoms. The molecule has 5 rings (SSSR count). The Labute approximate surface area is 156 Å². The van der Waals surface area contributed by atoms with Crippen LogP contribution in [0.3, 0.4) is 0 Å². The number of fused-ring (bicyclic) bond motifs is 4. The predicted molar refractivity (Wildman–Crippen MR) is 100 cm³/mol. The molecule has 1 N–H and O–H groups in total. The fourth-order valence-corrected chi connectivity index (χ4v) is 4.44. The Morgan fingerprint density at radius 1 is 1.11 bits per heavy atom. The van der Waals surface area contributed by atoms with Gasteiger partial charge in [0.15, 0.2) is 11.9 Å². The van der Waals surface area contributed by atoms with E-state index in [0.29, 0.717) is 55.9 Å². The van der Waals surface area contributed by atoms with Crippen LogP contribution in [0.25, 0.3) is 11.2 Å². The zero-order valence-electron chi connectivity index (χ0n) is 15.9. The minimum Gasteiger partial charge on any atom is -0.366 e. The summed E-state index contributed by atoms with van der Waals surface area (Å²) in [5.41, 5.74) is -0.755. The average Bonchev–Trinajstić information content (AvgIpc) is 3.16. The topological polar surface area (TPSA) is 99.0 Å². The molecule has 0 unspecified atom stereocenters. The number of H-pyrrole nitrogens is 1. The number of aromatic nitrogens is 4. The van der Waals surface area contributed by atoms with Crippen molar-refractivity contribution in [1.82, 2.24) is 19.1 Å². The van der Waals surface area contributed by atoms with Crippen molar-refractivity contribution in [2.24, 2.45) is 0 Å². The van der Waals surface area contributed by atoms with Crippen LogP contribution < -0.4 is 11.2 Å². The van der Waals surface area contributed by atoms with Crippen LogP contribution in [-0.4, -0.2) is 37.6 Å². The Kier molecular flexibility index (Phi) is 4.33. The second kappa shape index (κ2) is 6.44. The minimum atomic E-state index is -0.647. The summed E-state index contributed by atoms with van der Waals surface area (Å²) in [4.78, 5) is 45.0. The Bertz CT molecular complexity index is 975. The number of imidazole rings is 1. The van der Waals surface area contributed by atoms with Gasteiger partial charge in [-0.2, -0.15) is 0 Å². The van der Waals surface area contributed by atoms with Gasteiger partial charge in [0.1, 0.15) is 16.9 Å². The van der Waals surface area contributed by atoms with Crippen LogP contribution in [0, 0.1) is 0 Å². The zero-order chi connectivity index (χ0) is 19.2. The smallest absolute Gasteiger partial charge is 0.332 e. The van der Waals surface area contributed by atoms with E-state index in [1.54, 1.807) is 4.57 Å². The maximum Gasteiger partial charge on any atom is 0.332 e. The van der Waals surface area contributed by atoms with Crippen LogP contribution in [0.15, 0.2) is 9.59 Å². The van der Waals surface area contributed by atoms with Crippen molar-refractivity contribution in [3.63, 3.8) is 0 Å². The second-order valence-electron chi connectivity index (χ2n) is 7.93. The van der Waals surface area contributed by atoms with Crippen LogP contribution in [0.1, 0.15) is 58.2 Å². The molecule has 2 saturated heterocycles. The summed E-state index contributed by atoms with van der Waals surface area (Å²) in [5, 5.41) is 0. The van der Waals surface area contributed by atoms with Crippen LogP contribution in [0.4, 0.5) is 0 Å². The van der Waals surface area contributed by atoms with E-state index in [2.05, 4.69) is 4.98 Å². The van der Waals surface area contributed by atoms with Gasteiger partial charge in [-0.3, -0.25) is 13.9 Å². The summed E-state index contributed by atoms with van der Waals surface area (Å²) in [7, 11) is 0. The molecule has 2 bridgehead atoms. The maximum atomic E-state index is 12.9. The zero-order valence-corrected chi connectivity index (χ0v) is 15.9. The Hall–Kier alpha value is -2.22. The lowest BCUT2D eigenvalue weighted by molar-refractivity contribution is -0.165. The number of aldehydes is 1. The number of aromatic amines is 1. The lowest BCUT2D eigenvalue weighted by Gasteiger charge is -2.49. The predicted octanol–water partition coefficient (Wildman–Crippen LogP) is 1.49. The molecule has 0 spiro atoms. The summed E-state index contributed by atoms with van der Waals surface area (Å²) in [6.07, 6.45) is 5.30. The number of carbonyl (C=O) groups is 1. The maximum absolute atomic E-state index is 12.9. The van der Waals surface area contributed by atoms with Crippen LogP contribution in [0.2, 0.25) is 0 Å². The summed E-state index contributed by atoms with van der Waals surface area (Å²) in [6, 6.07) is 0. The first kappa shape index (κ1) is 18.2. The molecule has 0 atom stereocenters. The van der Waals surface area contributed by atoms with Crippen LogP contribution >= 0.6 is 0 Å². The molecule has 1 saturated carbocycles. The number of nitrogens with one attached hydrogen (secondary N) is 1. The Morgan fingerprint density at radius 2 is 1.78 bits per heavy atom. The molecule has 146 valence electrons. The fourth-order valence-electron chi connectivity index (χ4n) is 4.44. The van der Waals surface area contributed by atoms with Crippen molar-refractivity contribution < 1.29 is 9.53 Å². The third kappa shape index (κ3) is 2.61. The van der Waals surface area contributed by atoms with E-state index in [1.165, 1.54) is 4.57 Å². The standard InChI is InChI=1S/C19H26N4O4/c1-3-9-22-14-13(15(25)23(10-4-2)17(22)26)20-16(21-14)18-5-7-19(11-24,8-6-18)27-12-18/h11H,3-10,12H2,1-2H3,(H,20,21). The summed E-state index contributed by atoms with van der Waals surface area (Å²) in [6.45, 7) is 5.25. The number of ether oxygens (including phenoxy) is 1. The van der Waals surface area contributed by atoms with Crippen LogP contribution in [-0.2, 0) is 28.0 Å². The average molecular weight is 374 g/mol. The number of aryl methyl sites for hydroxylation is 1. The third-order valence-electron chi connectivity index (χ3n) is 6.16. The highest BCUT2D eigenvalue weighted by atomic mass is 16.5. The summed E-state index contributed by atoms with van der Waals surface area (Å²) in [5.74, 6) is 0.701. The molecule has 3 aliphatic rings. The second-order valence-corrected chi connectivity index (χ2v) is 7.93. The molecule has 2 aliphatic heterocycles. The van der Waals surface area contributed by atoms with Crippen molar-refractivity contribution in [3.05, 3.63) is 26.7 Å². The number of carbonyl (C=O) groups excluding carboxylic acids is 1. The number of hydrogen-bond donors (Lipinski definition) is 1. The quantitative estimate of drug-likeness (QED) is 0.772. The largest absolute Gasteiger partial charge is 0.366 e. The molecule has 8 heteroatoms. The molecule has 1 aliphatic carbocycles. The number of hydrogen-bond acceptors (Lipinski definition) is 5. The first-order chi connectivity index (χ1) is 13.0. The van der Waals surface area contributed by atoms with Gasteiger partial charge in [0, 0.05) is 13.1 Å². The highest BCUT2D eigenvalue weighted by molar-refractivity contribution is 5.70. The molecule has 8 nitrogen and oxygen atoms in total. The molecule has 2 aromatic rings. The Balaban J connectivity index is 1.86.